The number of nitrogens with zero attached hydrogens (tertiary/aromatic N) is 3. The molecule has 2 atom stereocenters. The molecular formula is C17H22N4O2S. The summed E-state index contributed by atoms with van der Waals surface area (Å²) in [6.45, 7) is 3.05. The number of hydrogen-bond donors (Lipinski definition) is 3. The van der Waals surface area contributed by atoms with Gasteiger partial charge < -0.3 is 20.8 Å². The Morgan fingerprint density at radius 1 is 1.21 bits per heavy atom. The summed E-state index contributed by atoms with van der Waals surface area (Å²) in [5.41, 5.74) is 8.35. The van der Waals surface area contributed by atoms with E-state index in [2.05, 4.69) is 41.2 Å². The molecule has 0 spiro atoms. The van der Waals surface area contributed by atoms with Gasteiger partial charge in [-0.15, -0.1) is 0 Å². The van der Waals surface area contributed by atoms with Crippen molar-refractivity contribution in [3.8, 4) is 0 Å². The molecule has 4 N–H and O–H groups in total. The smallest absolute Gasteiger partial charge is 0.191 e. The van der Waals surface area contributed by atoms with Crippen molar-refractivity contribution >= 4 is 23.4 Å². The lowest BCUT2D eigenvalue weighted by Crippen LogP contribution is -2.47. The number of hydrogen-bond acceptors (Lipinski definition) is 7. The molecule has 128 valence electrons. The van der Waals surface area contributed by atoms with Crippen molar-refractivity contribution in [2.24, 2.45) is 0 Å². The van der Waals surface area contributed by atoms with E-state index in [9.17, 15) is 10.2 Å². The topological polar surface area (TPSA) is 95.5 Å². The van der Waals surface area contributed by atoms with Crippen LogP contribution in [0.5, 0.6) is 0 Å². The van der Waals surface area contributed by atoms with Gasteiger partial charge in [-0.2, -0.15) is 0 Å². The summed E-state index contributed by atoms with van der Waals surface area (Å²) in [6, 6.07) is 10.1. The zero-order valence-corrected chi connectivity index (χ0v) is 14.4. The Morgan fingerprint density at radius 3 is 2.67 bits per heavy atom. The number of aliphatic hydroxyl groups is 2. The maximum Gasteiger partial charge on any atom is 0.191 e. The Labute approximate surface area is 145 Å². The first kappa shape index (κ1) is 17.0. The molecule has 0 amide bonds. The van der Waals surface area contributed by atoms with Gasteiger partial charge in [0.15, 0.2) is 5.16 Å². The van der Waals surface area contributed by atoms with Gasteiger partial charge in [0.05, 0.1) is 12.2 Å². The first-order chi connectivity index (χ1) is 11.5. The highest BCUT2D eigenvalue weighted by Gasteiger charge is 2.27. The maximum atomic E-state index is 9.85. The third-order valence-corrected chi connectivity index (χ3v) is 4.99. The molecule has 3 rings (SSSR count). The molecule has 0 bridgehead atoms. The van der Waals surface area contributed by atoms with Gasteiger partial charge in [0.1, 0.15) is 11.6 Å². The van der Waals surface area contributed by atoms with E-state index in [-0.39, 0.29) is 0 Å². The molecule has 1 aliphatic rings. The van der Waals surface area contributed by atoms with Gasteiger partial charge >= 0.3 is 0 Å². The second-order valence-electron chi connectivity index (χ2n) is 6.08. The number of β-amino-alcohol motifs (C(OH)–C–C–N with tert-alkyl or cyclic N) is 1. The summed E-state index contributed by atoms with van der Waals surface area (Å²) in [7, 11) is 0. The minimum Gasteiger partial charge on any atom is -0.390 e. The van der Waals surface area contributed by atoms with Crippen molar-refractivity contribution in [2.45, 2.75) is 36.5 Å². The van der Waals surface area contributed by atoms with E-state index in [0.29, 0.717) is 36.3 Å². The summed E-state index contributed by atoms with van der Waals surface area (Å²) < 4.78 is 0. The number of aliphatic hydroxyl groups excluding tert-OH is 2. The largest absolute Gasteiger partial charge is 0.390 e. The first-order valence-electron chi connectivity index (χ1n) is 7.95. The van der Waals surface area contributed by atoms with Crippen LogP contribution in [0.1, 0.15) is 17.5 Å². The summed E-state index contributed by atoms with van der Waals surface area (Å²) in [4.78, 5) is 10.8. The fourth-order valence-corrected chi connectivity index (χ4v) is 3.43. The Balaban J connectivity index is 1.70. The molecule has 0 aliphatic carbocycles. The Morgan fingerprint density at radius 2 is 1.96 bits per heavy atom. The number of thioether (sulfide) groups is 1. The lowest BCUT2D eigenvalue weighted by atomic mass is 10.1. The van der Waals surface area contributed by atoms with Crippen LogP contribution in [0.25, 0.3) is 0 Å². The molecule has 1 fully saturated rings. The number of nitrogen functional groups attached to an aromatic ring is 1. The number of anilines is 2. The highest BCUT2D eigenvalue weighted by atomic mass is 32.2. The van der Waals surface area contributed by atoms with E-state index in [0.717, 1.165) is 5.75 Å². The molecule has 1 aromatic heterocycles. The van der Waals surface area contributed by atoms with Crippen molar-refractivity contribution < 1.29 is 10.2 Å². The number of rotatable bonds is 4. The average molecular weight is 346 g/mol. The van der Waals surface area contributed by atoms with Crippen LogP contribution >= 0.6 is 11.8 Å². The third kappa shape index (κ3) is 4.17. The molecule has 2 aromatic rings. The molecule has 1 saturated heterocycles. The Kier molecular flexibility index (Phi) is 5.23. The maximum absolute atomic E-state index is 9.85. The second-order valence-corrected chi connectivity index (χ2v) is 7.02. The van der Waals surface area contributed by atoms with Gasteiger partial charge in [-0.1, -0.05) is 41.6 Å². The fourth-order valence-electron chi connectivity index (χ4n) is 2.62. The molecule has 6 nitrogen and oxygen atoms in total. The van der Waals surface area contributed by atoms with Crippen LogP contribution in [0.4, 0.5) is 11.6 Å². The monoisotopic (exact) mass is 346 g/mol. The SMILES string of the molecule is Cc1ccc(CSc2nc(N)cc(N3CC[C@@H](O)[C@H](O)C3)n2)cc1. The van der Waals surface area contributed by atoms with Crippen molar-refractivity contribution in [1.29, 1.82) is 0 Å². The Bertz CT molecular complexity index is 695. The van der Waals surface area contributed by atoms with Crippen LogP contribution in [0, 0.1) is 6.92 Å². The van der Waals surface area contributed by atoms with Gasteiger partial charge in [0.25, 0.3) is 0 Å². The normalized spacial score (nSPS) is 21.0. The molecule has 7 heteroatoms. The highest BCUT2D eigenvalue weighted by molar-refractivity contribution is 7.98. The molecule has 24 heavy (non-hydrogen) atoms. The molecule has 0 unspecified atom stereocenters. The number of aromatic nitrogens is 2. The van der Waals surface area contributed by atoms with Gasteiger partial charge in [-0.05, 0) is 18.9 Å². The predicted molar refractivity (Wildman–Crippen MR) is 96.0 cm³/mol. The number of aryl methyl sites for hydroxylation is 1. The predicted octanol–water partition coefficient (Wildman–Crippen LogP) is 1.59. The summed E-state index contributed by atoms with van der Waals surface area (Å²) >= 11 is 1.53. The van der Waals surface area contributed by atoms with E-state index in [1.807, 2.05) is 4.90 Å². The average Bonchev–Trinajstić information content (AvgIpc) is 2.56. The van der Waals surface area contributed by atoms with Gasteiger partial charge in [0, 0.05) is 24.9 Å². The van der Waals surface area contributed by atoms with Crippen molar-refractivity contribution in [3.05, 3.63) is 41.5 Å². The standard InChI is InChI=1S/C17H22N4O2S/c1-11-2-4-12(5-3-11)10-24-17-19-15(18)8-16(20-17)21-7-6-13(22)14(23)9-21/h2-5,8,13-14,22-23H,6-7,9-10H2,1H3,(H2,18,19,20)/t13-,14-/m1/s1. The number of benzene rings is 1. The Hall–Kier alpha value is -1.83. The lowest BCUT2D eigenvalue weighted by molar-refractivity contribution is 0.00784. The van der Waals surface area contributed by atoms with Gasteiger partial charge in [-0.25, -0.2) is 9.97 Å². The van der Waals surface area contributed by atoms with Crippen LogP contribution in [0.3, 0.4) is 0 Å². The van der Waals surface area contributed by atoms with Crippen LogP contribution in [-0.4, -0.2) is 45.5 Å². The molecular weight excluding hydrogens is 324 g/mol. The van der Waals surface area contributed by atoms with E-state index in [1.54, 1.807) is 6.07 Å². The molecule has 1 aliphatic heterocycles. The van der Waals surface area contributed by atoms with Gasteiger partial charge in [0.2, 0.25) is 0 Å². The minimum atomic E-state index is -0.765. The molecule has 0 saturated carbocycles. The van der Waals surface area contributed by atoms with Crippen LogP contribution < -0.4 is 10.6 Å². The van der Waals surface area contributed by atoms with E-state index >= 15 is 0 Å². The summed E-state index contributed by atoms with van der Waals surface area (Å²) in [5.74, 6) is 1.87. The molecule has 1 aromatic carbocycles. The minimum absolute atomic E-state index is 0.347. The first-order valence-corrected chi connectivity index (χ1v) is 8.94. The van der Waals surface area contributed by atoms with Crippen LogP contribution in [0.2, 0.25) is 0 Å². The molecule has 2 heterocycles. The van der Waals surface area contributed by atoms with Crippen molar-refractivity contribution in [1.82, 2.24) is 9.97 Å². The zero-order valence-electron chi connectivity index (χ0n) is 13.6. The summed E-state index contributed by atoms with van der Waals surface area (Å²) in [6.07, 6.45) is -0.925. The summed E-state index contributed by atoms with van der Waals surface area (Å²) in [5, 5.41) is 20.1. The van der Waals surface area contributed by atoms with E-state index < -0.39 is 12.2 Å². The fraction of sp³-hybridized carbons (Fsp3) is 0.412. The number of nitrogens with two attached hydrogens (primary N) is 1. The lowest BCUT2D eigenvalue weighted by Gasteiger charge is -2.34. The highest BCUT2D eigenvalue weighted by Crippen LogP contribution is 2.25. The second kappa shape index (κ2) is 7.38. The van der Waals surface area contributed by atoms with Crippen LogP contribution in [0.15, 0.2) is 35.5 Å². The van der Waals surface area contributed by atoms with Crippen molar-refractivity contribution in [3.63, 3.8) is 0 Å². The molecule has 0 radical (unpaired) electrons. The van der Waals surface area contributed by atoms with Crippen molar-refractivity contribution in [2.75, 3.05) is 23.7 Å². The van der Waals surface area contributed by atoms with Crippen LogP contribution in [-0.2, 0) is 5.75 Å². The zero-order chi connectivity index (χ0) is 17.1. The van der Waals surface area contributed by atoms with E-state index in [4.69, 9.17) is 5.73 Å². The quantitative estimate of drug-likeness (QED) is 0.571. The van der Waals surface area contributed by atoms with Gasteiger partial charge in [-0.3, -0.25) is 0 Å². The number of piperidine rings is 1. The third-order valence-electron chi connectivity index (χ3n) is 4.07. The van der Waals surface area contributed by atoms with E-state index in [1.165, 1.54) is 22.9 Å².